The van der Waals surface area contributed by atoms with Gasteiger partial charge in [-0.3, -0.25) is 4.79 Å². The average Bonchev–Trinajstić information content (AvgIpc) is 3.01. The molecule has 0 fully saturated rings. The van der Waals surface area contributed by atoms with Gasteiger partial charge in [0.1, 0.15) is 10.7 Å². The number of amides is 1. The minimum absolute atomic E-state index is 0. The summed E-state index contributed by atoms with van der Waals surface area (Å²) in [6.45, 7) is 0.725. The Kier molecular flexibility index (Phi) is 7.10. The molecule has 3 N–H and O–H groups in total. The summed E-state index contributed by atoms with van der Waals surface area (Å²) in [5.41, 5.74) is 6.78. The molecule has 0 unspecified atom stereocenters. The fourth-order valence-corrected chi connectivity index (χ4v) is 2.43. The lowest BCUT2D eigenvalue weighted by atomic mass is 10.2. The fraction of sp³-hybridized carbons (Fsp3) is 0.286. The molecule has 0 saturated carbocycles. The van der Waals surface area contributed by atoms with E-state index in [-0.39, 0.29) is 18.3 Å². The van der Waals surface area contributed by atoms with Crippen molar-refractivity contribution in [2.24, 2.45) is 5.73 Å². The van der Waals surface area contributed by atoms with Gasteiger partial charge in [0.25, 0.3) is 5.91 Å². The Morgan fingerprint density at radius 2 is 2.05 bits per heavy atom. The first kappa shape index (κ1) is 18.2. The summed E-state index contributed by atoms with van der Waals surface area (Å²) < 4.78 is 10.4. The highest BCUT2D eigenvalue weighted by Gasteiger charge is 2.10. The number of nitrogens with two attached hydrogens (primary N) is 1. The van der Waals surface area contributed by atoms with Crippen LogP contribution in [0.5, 0.6) is 11.5 Å². The van der Waals surface area contributed by atoms with Crippen LogP contribution in [0, 0.1) is 0 Å². The van der Waals surface area contributed by atoms with E-state index in [0.717, 1.165) is 10.6 Å². The molecule has 1 aromatic heterocycles. The molecule has 1 amide bonds. The van der Waals surface area contributed by atoms with E-state index >= 15 is 0 Å². The number of thiazole rings is 1. The summed E-state index contributed by atoms with van der Waals surface area (Å²) in [6, 6.07) is 5.50. The van der Waals surface area contributed by atoms with Crippen molar-refractivity contribution in [3.63, 3.8) is 0 Å². The van der Waals surface area contributed by atoms with Crippen LogP contribution in [-0.2, 0) is 13.1 Å². The molecular weight excluding hydrogens is 326 g/mol. The number of carbonyl (C=O) groups excluding carboxylic acids is 1. The third-order valence-electron chi connectivity index (χ3n) is 2.86. The third kappa shape index (κ3) is 4.33. The minimum atomic E-state index is -0.222. The van der Waals surface area contributed by atoms with Crippen molar-refractivity contribution < 1.29 is 14.3 Å². The molecule has 0 atom stereocenters. The van der Waals surface area contributed by atoms with E-state index in [1.807, 2.05) is 12.1 Å². The Balaban J connectivity index is 0.00000242. The number of carbonyl (C=O) groups is 1. The molecule has 1 aromatic carbocycles. The molecule has 0 saturated heterocycles. The van der Waals surface area contributed by atoms with Crippen LogP contribution >= 0.6 is 23.7 Å². The van der Waals surface area contributed by atoms with Crippen LogP contribution in [-0.4, -0.2) is 25.1 Å². The van der Waals surface area contributed by atoms with E-state index in [0.29, 0.717) is 30.3 Å². The first-order chi connectivity index (χ1) is 10.2. The topological polar surface area (TPSA) is 86.5 Å². The first-order valence-corrected chi connectivity index (χ1v) is 7.19. The molecule has 6 nitrogen and oxygen atoms in total. The van der Waals surface area contributed by atoms with Crippen LogP contribution in [0.25, 0.3) is 0 Å². The number of hydrogen-bond acceptors (Lipinski definition) is 6. The zero-order valence-electron chi connectivity index (χ0n) is 12.3. The molecule has 0 aliphatic rings. The maximum atomic E-state index is 12.0. The van der Waals surface area contributed by atoms with Gasteiger partial charge in [0.05, 0.1) is 14.2 Å². The van der Waals surface area contributed by atoms with Crippen molar-refractivity contribution in [2.45, 2.75) is 13.1 Å². The largest absolute Gasteiger partial charge is 0.493 e. The van der Waals surface area contributed by atoms with Gasteiger partial charge in [0.2, 0.25) is 0 Å². The Hall–Kier alpha value is -1.83. The Labute approximate surface area is 139 Å². The number of halogens is 1. The predicted molar refractivity (Wildman–Crippen MR) is 88.0 cm³/mol. The van der Waals surface area contributed by atoms with Crippen LogP contribution in [0.1, 0.15) is 21.1 Å². The second-order valence-electron chi connectivity index (χ2n) is 4.20. The molecule has 0 radical (unpaired) electrons. The zero-order chi connectivity index (χ0) is 15.2. The standard InChI is InChI=1S/C14H17N3O3S.ClH/c1-19-11-4-3-9(5-12(11)20-2)7-16-14(18)10-8-21-13(6-15)17-10;/h3-5,8H,6-7,15H2,1-2H3,(H,16,18);1H. The van der Waals surface area contributed by atoms with Gasteiger partial charge in [-0.15, -0.1) is 23.7 Å². The van der Waals surface area contributed by atoms with Crippen molar-refractivity contribution in [3.05, 3.63) is 39.8 Å². The second-order valence-corrected chi connectivity index (χ2v) is 5.15. The summed E-state index contributed by atoms with van der Waals surface area (Å²) in [6.07, 6.45) is 0. The quantitative estimate of drug-likeness (QED) is 0.837. The Bertz CT molecular complexity index is 634. The van der Waals surface area contributed by atoms with Crippen LogP contribution in [0.15, 0.2) is 23.6 Å². The SMILES string of the molecule is COc1ccc(CNC(=O)c2csc(CN)n2)cc1OC.Cl. The molecule has 0 bridgehead atoms. The van der Waals surface area contributed by atoms with E-state index in [9.17, 15) is 4.79 Å². The van der Waals surface area contributed by atoms with Gasteiger partial charge in [-0.1, -0.05) is 6.07 Å². The summed E-state index contributed by atoms with van der Waals surface area (Å²) in [4.78, 5) is 16.1. The van der Waals surface area contributed by atoms with Crippen molar-refractivity contribution in [1.29, 1.82) is 0 Å². The average molecular weight is 344 g/mol. The molecule has 0 aliphatic heterocycles. The number of nitrogens with zero attached hydrogens (tertiary/aromatic N) is 1. The monoisotopic (exact) mass is 343 g/mol. The lowest BCUT2D eigenvalue weighted by Crippen LogP contribution is -2.23. The van der Waals surface area contributed by atoms with Gasteiger partial charge in [0.15, 0.2) is 11.5 Å². The van der Waals surface area contributed by atoms with Gasteiger partial charge in [-0.25, -0.2) is 4.98 Å². The van der Waals surface area contributed by atoms with E-state index in [1.54, 1.807) is 25.7 Å². The molecule has 0 aliphatic carbocycles. The van der Waals surface area contributed by atoms with E-state index in [1.165, 1.54) is 11.3 Å². The van der Waals surface area contributed by atoms with Crippen LogP contribution in [0.4, 0.5) is 0 Å². The van der Waals surface area contributed by atoms with Crippen LogP contribution < -0.4 is 20.5 Å². The zero-order valence-corrected chi connectivity index (χ0v) is 13.9. The molecule has 1 heterocycles. The van der Waals surface area contributed by atoms with Gasteiger partial charge in [0, 0.05) is 18.5 Å². The van der Waals surface area contributed by atoms with E-state index in [4.69, 9.17) is 15.2 Å². The first-order valence-electron chi connectivity index (χ1n) is 6.31. The number of methoxy groups -OCH3 is 2. The molecular formula is C14H18ClN3O3S. The maximum absolute atomic E-state index is 12.0. The van der Waals surface area contributed by atoms with E-state index in [2.05, 4.69) is 10.3 Å². The van der Waals surface area contributed by atoms with Crippen LogP contribution in [0.3, 0.4) is 0 Å². The lowest BCUT2D eigenvalue weighted by Gasteiger charge is -2.10. The number of nitrogens with one attached hydrogen (secondary N) is 1. The van der Waals surface area contributed by atoms with Gasteiger partial charge < -0.3 is 20.5 Å². The van der Waals surface area contributed by atoms with Gasteiger partial charge in [-0.05, 0) is 17.7 Å². The molecule has 2 aromatic rings. The normalized spacial score (nSPS) is 9.77. The molecule has 0 spiro atoms. The van der Waals surface area contributed by atoms with Crippen molar-refractivity contribution in [2.75, 3.05) is 14.2 Å². The fourth-order valence-electron chi connectivity index (χ4n) is 1.77. The molecule has 2 rings (SSSR count). The summed E-state index contributed by atoms with van der Waals surface area (Å²) in [5.74, 6) is 1.06. The van der Waals surface area contributed by atoms with Crippen LogP contribution in [0.2, 0.25) is 0 Å². The lowest BCUT2D eigenvalue weighted by molar-refractivity contribution is 0.0946. The van der Waals surface area contributed by atoms with Crippen molar-refractivity contribution in [1.82, 2.24) is 10.3 Å². The molecule has 120 valence electrons. The highest BCUT2D eigenvalue weighted by Crippen LogP contribution is 2.27. The minimum Gasteiger partial charge on any atom is -0.493 e. The second kappa shape index (κ2) is 8.57. The number of aromatic nitrogens is 1. The maximum Gasteiger partial charge on any atom is 0.271 e. The van der Waals surface area contributed by atoms with Gasteiger partial charge in [-0.2, -0.15) is 0 Å². The summed E-state index contributed by atoms with van der Waals surface area (Å²) in [5, 5.41) is 5.25. The number of hydrogen-bond donors (Lipinski definition) is 2. The third-order valence-corrected chi connectivity index (χ3v) is 3.73. The van der Waals surface area contributed by atoms with Crippen molar-refractivity contribution in [3.8, 4) is 11.5 Å². The molecule has 22 heavy (non-hydrogen) atoms. The predicted octanol–water partition coefficient (Wildman–Crippen LogP) is 1.97. The Morgan fingerprint density at radius 3 is 2.64 bits per heavy atom. The summed E-state index contributed by atoms with van der Waals surface area (Å²) in [7, 11) is 3.15. The highest BCUT2D eigenvalue weighted by molar-refractivity contribution is 7.09. The Morgan fingerprint density at radius 1 is 1.32 bits per heavy atom. The van der Waals surface area contributed by atoms with Crippen molar-refractivity contribution >= 4 is 29.7 Å². The number of ether oxygens (including phenoxy) is 2. The smallest absolute Gasteiger partial charge is 0.271 e. The van der Waals surface area contributed by atoms with Gasteiger partial charge >= 0.3 is 0 Å². The number of rotatable bonds is 6. The van der Waals surface area contributed by atoms with E-state index < -0.39 is 0 Å². The summed E-state index contributed by atoms with van der Waals surface area (Å²) >= 11 is 1.38. The highest BCUT2D eigenvalue weighted by atomic mass is 35.5. The number of benzene rings is 1. The molecule has 8 heteroatoms.